The van der Waals surface area contributed by atoms with Gasteiger partial charge < -0.3 is 10.1 Å². The smallest absolute Gasteiger partial charge is 0.338 e. The number of nitrogens with zero attached hydrogens (tertiary/aromatic N) is 1. The molecule has 1 aliphatic heterocycles. The van der Waals surface area contributed by atoms with Crippen molar-refractivity contribution >= 4 is 21.9 Å². The molecule has 7 nitrogen and oxygen atoms in total. The Morgan fingerprint density at radius 3 is 2.36 bits per heavy atom. The van der Waals surface area contributed by atoms with E-state index in [0.29, 0.717) is 19.0 Å². The van der Waals surface area contributed by atoms with Crippen molar-refractivity contribution in [2.75, 3.05) is 19.7 Å². The Morgan fingerprint density at radius 2 is 1.71 bits per heavy atom. The van der Waals surface area contributed by atoms with Gasteiger partial charge in [-0.25, -0.2) is 13.2 Å². The van der Waals surface area contributed by atoms with Gasteiger partial charge in [0.2, 0.25) is 10.0 Å². The van der Waals surface area contributed by atoms with E-state index < -0.39 is 16.0 Å². The molecule has 1 aliphatic carbocycles. The highest BCUT2D eigenvalue weighted by Gasteiger charge is 2.27. The lowest BCUT2D eigenvalue weighted by Gasteiger charge is -2.29. The lowest BCUT2D eigenvalue weighted by atomic mass is 9.86. The van der Waals surface area contributed by atoms with Gasteiger partial charge in [0.25, 0.3) is 5.91 Å². The summed E-state index contributed by atoms with van der Waals surface area (Å²) in [7, 11) is -3.51. The molecule has 8 heteroatoms. The first-order chi connectivity index (χ1) is 13.4. The predicted molar refractivity (Wildman–Crippen MR) is 104 cm³/mol. The molecule has 0 bridgehead atoms. The monoisotopic (exact) mass is 408 g/mol. The number of esters is 1. The van der Waals surface area contributed by atoms with Gasteiger partial charge in [-0.05, 0) is 55.9 Å². The highest BCUT2D eigenvalue weighted by atomic mass is 32.2. The summed E-state index contributed by atoms with van der Waals surface area (Å²) >= 11 is 0. The molecule has 28 heavy (non-hydrogen) atoms. The number of sulfonamides is 1. The maximum atomic E-state index is 12.5. The van der Waals surface area contributed by atoms with Crippen LogP contribution in [0.1, 0.15) is 55.8 Å². The molecule has 1 heterocycles. The average molecular weight is 409 g/mol. The minimum Gasteiger partial charge on any atom is -0.452 e. The second kappa shape index (κ2) is 9.05. The lowest BCUT2D eigenvalue weighted by Crippen LogP contribution is -2.42. The van der Waals surface area contributed by atoms with Crippen molar-refractivity contribution in [3.63, 3.8) is 0 Å². The Balaban J connectivity index is 1.52. The SMILES string of the molecule is C[C@@H]1CCCC[C@H]1NC(=O)COC(=O)c1ccc(S(=O)(=O)N2CCCC2)cc1. The van der Waals surface area contributed by atoms with Crippen molar-refractivity contribution in [2.45, 2.75) is 56.4 Å². The third-order valence-electron chi connectivity index (χ3n) is 5.59. The van der Waals surface area contributed by atoms with Crippen molar-refractivity contribution in [1.82, 2.24) is 9.62 Å². The zero-order valence-corrected chi connectivity index (χ0v) is 17.0. The van der Waals surface area contributed by atoms with Crippen LogP contribution in [-0.2, 0) is 19.6 Å². The van der Waals surface area contributed by atoms with Gasteiger partial charge in [-0.15, -0.1) is 0 Å². The van der Waals surface area contributed by atoms with Crippen molar-refractivity contribution in [3.05, 3.63) is 29.8 Å². The lowest BCUT2D eigenvalue weighted by molar-refractivity contribution is -0.125. The molecular weight excluding hydrogens is 380 g/mol. The Morgan fingerprint density at radius 1 is 1.07 bits per heavy atom. The number of carbonyl (C=O) groups is 2. The molecular formula is C20H28N2O5S. The molecule has 1 aromatic rings. The summed E-state index contributed by atoms with van der Waals surface area (Å²) in [6, 6.07) is 5.80. The van der Waals surface area contributed by atoms with Crippen molar-refractivity contribution in [2.24, 2.45) is 5.92 Å². The summed E-state index contributed by atoms with van der Waals surface area (Å²) in [6.07, 6.45) is 6.07. The average Bonchev–Trinajstić information content (AvgIpc) is 3.24. The fourth-order valence-electron chi connectivity index (χ4n) is 3.83. The van der Waals surface area contributed by atoms with Crippen molar-refractivity contribution in [1.29, 1.82) is 0 Å². The van der Waals surface area contributed by atoms with Crippen LogP contribution in [0.25, 0.3) is 0 Å². The van der Waals surface area contributed by atoms with Gasteiger partial charge in [0.1, 0.15) is 0 Å². The van der Waals surface area contributed by atoms with Crippen LogP contribution in [0.2, 0.25) is 0 Å². The second-order valence-corrected chi connectivity index (χ2v) is 9.59. The summed E-state index contributed by atoms with van der Waals surface area (Å²) in [5.74, 6) is -0.518. The highest BCUT2D eigenvalue weighted by Crippen LogP contribution is 2.24. The number of benzene rings is 1. The normalized spacial score (nSPS) is 23.3. The number of hydrogen-bond acceptors (Lipinski definition) is 5. The Bertz CT molecular complexity index is 800. The van der Waals surface area contributed by atoms with Gasteiger partial charge in [-0.1, -0.05) is 19.8 Å². The summed E-state index contributed by atoms with van der Waals surface area (Å²) in [6.45, 7) is 2.84. The van der Waals surface area contributed by atoms with Gasteiger partial charge in [-0.3, -0.25) is 4.79 Å². The Hall–Kier alpha value is -1.93. The number of hydrogen-bond donors (Lipinski definition) is 1. The van der Waals surface area contributed by atoms with Gasteiger partial charge >= 0.3 is 5.97 Å². The number of nitrogens with one attached hydrogen (secondary N) is 1. The van der Waals surface area contributed by atoms with E-state index >= 15 is 0 Å². The molecule has 1 saturated heterocycles. The van der Waals surface area contributed by atoms with Crippen LogP contribution in [0.5, 0.6) is 0 Å². The first-order valence-corrected chi connectivity index (χ1v) is 11.4. The van der Waals surface area contributed by atoms with E-state index in [1.807, 2.05) is 0 Å². The topological polar surface area (TPSA) is 92.8 Å². The van der Waals surface area contributed by atoms with E-state index in [0.717, 1.165) is 32.1 Å². The van der Waals surface area contributed by atoms with E-state index in [4.69, 9.17) is 4.74 Å². The number of carbonyl (C=O) groups excluding carboxylic acids is 2. The predicted octanol–water partition coefficient (Wildman–Crippen LogP) is 2.32. The molecule has 1 saturated carbocycles. The summed E-state index contributed by atoms with van der Waals surface area (Å²) in [5.41, 5.74) is 0.221. The number of amides is 1. The highest BCUT2D eigenvalue weighted by molar-refractivity contribution is 7.89. The maximum absolute atomic E-state index is 12.5. The molecule has 154 valence electrons. The zero-order chi connectivity index (χ0) is 20.1. The minimum absolute atomic E-state index is 0.134. The van der Waals surface area contributed by atoms with Crippen LogP contribution in [0, 0.1) is 5.92 Å². The van der Waals surface area contributed by atoms with E-state index in [1.165, 1.54) is 35.0 Å². The molecule has 0 unspecified atom stereocenters. The fourth-order valence-corrected chi connectivity index (χ4v) is 5.35. The zero-order valence-electron chi connectivity index (χ0n) is 16.2. The molecule has 1 amide bonds. The van der Waals surface area contributed by atoms with Gasteiger partial charge in [0, 0.05) is 19.1 Å². The molecule has 1 aromatic carbocycles. The Labute approximate surface area is 166 Å². The summed E-state index contributed by atoms with van der Waals surface area (Å²) in [5, 5.41) is 2.93. The van der Waals surface area contributed by atoms with Crippen LogP contribution in [-0.4, -0.2) is 50.3 Å². The van der Waals surface area contributed by atoms with Crippen LogP contribution >= 0.6 is 0 Å². The fraction of sp³-hybridized carbons (Fsp3) is 0.600. The molecule has 2 fully saturated rings. The first-order valence-electron chi connectivity index (χ1n) is 9.94. The third-order valence-corrected chi connectivity index (χ3v) is 7.50. The molecule has 1 N–H and O–H groups in total. The van der Waals surface area contributed by atoms with E-state index in [9.17, 15) is 18.0 Å². The minimum atomic E-state index is -3.51. The van der Waals surface area contributed by atoms with Crippen molar-refractivity contribution in [3.8, 4) is 0 Å². The second-order valence-electron chi connectivity index (χ2n) is 7.65. The van der Waals surface area contributed by atoms with Gasteiger partial charge in [0.15, 0.2) is 6.61 Å². The quantitative estimate of drug-likeness (QED) is 0.729. The largest absolute Gasteiger partial charge is 0.452 e. The summed E-state index contributed by atoms with van der Waals surface area (Å²) < 4.78 is 31.5. The van der Waals surface area contributed by atoms with E-state index in [-0.39, 0.29) is 29.0 Å². The molecule has 0 radical (unpaired) electrons. The van der Waals surface area contributed by atoms with E-state index in [1.54, 1.807) is 0 Å². The van der Waals surface area contributed by atoms with Crippen LogP contribution in [0.4, 0.5) is 0 Å². The Kier molecular flexibility index (Phi) is 6.72. The van der Waals surface area contributed by atoms with Crippen LogP contribution in [0.15, 0.2) is 29.2 Å². The summed E-state index contributed by atoms with van der Waals surface area (Å²) in [4.78, 5) is 24.4. The molecule has 2 aliphatic rings. The van der Waals surface area contributed by atoms with Gasteiger partial charge in [0.05, 0.1) is 10.5 Å². The number of rotatable bonds is 6. The van der Waals surface area contributed by atoms with Crippen LogP contribution < -0.4 is 5.32 Å². The molecule has 3 rings (SSSR count). The number of ether oxygens (including phenoxy) is 1. The molecule has 0 aromatic heterocycles. The third kappa shape index (κ3) is 4.91. The van der Waals surface area contributed by atoms with Gasteiger partial charge in [-0.2, -0.15) is 4.31 Å². The molecule has 2 atom stereocenters. The standard InChI is InChI=1S/C20H28N2O5S/c1-15-6-2-3-7-18(15)21-19(23)14-27-20(24)16-8-10-17(11-9-16)28(25,26)22-12-4-5-13-22/h8-11,15,18H,2-7,12-14H2,1H3,(H,21,23)/t15-,18-/m1/s1. The molecule has 0 spiro atoms. The van der Waals surface area contributed by atoms with Crippen LogP contribution in [0.3, 0.4) is 0 Å². The first kappa shape index (κ1) is 20.8. The van der Waals surface area contributed by atoms with Crippen molar-refractivity contribution < 1.29 is 22.7 Å². The van der Waals surface area contributed by atoms with E-state index in [2.05, 4.69) is 12.2 Å². The maximum Gasteiger partial charge on any atom is 0.338 e.